The second-order valence-electron chi connectivity index (χ2n) is 5.45. The van der Waals surface area contributed by atoms with Gasteiger partial charge in [0.25, 0.3) is 5.69 Å². The largest absolute Gasteiger partial charge is 0.507 e. The van der Waals surface area contributed by atoms with Gasteiger partial charge in [0, 0.05) is 29.0 Å². The number of phenolic OH excluding ortho intramolecular Hbond substituents is 1. The number of aromatic hydroxyl groups is 1. The predicted molar refractivity (Wildman–Crippen MR) is 98.2 cm³/mol. The first-order valence-electron chi connectivity index (χ1n) is 7.70. The minimum Gasteiger partial charge on any atom is -0.507 e. The summed E-state index contributed by atoms with van der Waals surface area (Å²) in [7, 11) is 0. The van der Waals surface area contributed by atoms with E-state index in [2.05, 4.69) is 20.5 Å². The molecule has 2 aromatic carbocycles. The van der Waals surface area contributed by atoms with Gasteiger partial charge >= 0.3 is 0 Å². The quantitative estimate of drug-likeness (QED) is 0.414. The number of aromatic nitrogens is 2. The molecule has 0 aliphatic heterocycles. The third kappa shape index (κ3) is 3.99. The monoisotopic (exact) mass is 349 g/mol. The van der Waals surface area contributed by atoms with Crippen molar-refractivity contribution in [2.75, 3.05) is 5.43 Å². The number of hydrogen-bond donors (Lipinski definition) is 2. The number of non-ortho nitro benzene ring substituents is 1. The van der Waals surface area contributed by atoms with Crippen LogP contribution in [0, 0.1) is 17.0 Å². The molecule has 8 heteroatoms. The van der Waals surface area contributed by atoms with Crippen LogP contribution >= 0.6 is 0 Å². The minimum absolute atomic E-state index is 0.115. The normalized spacial score (nSPS) is 10.8. The molecule has 0 bridgehead atoms. The Morgan fingerprint density at radius 2 is 1.92 bits per heavy atom. The zero-order valence-electron chi connectivity index (χ0n) is 13.8. The Kier molecular flexibility index (Phi) is 4.84. The summed E-state index contributed by atoms with van der Waals surface area (Å²) < 4.78 is 0. The number of aryl methyl sites for hydroxylation is 1. The fourth-order valence-electron chi connectivity index (χ4n) is 2.29. The highest BCUT2D eigenvalue weighted by Gasteiger charge is 2.09. The number of hydrogen-bond acceptors (Lipinski definition) is 7. The van der Waals surface area contributed by atoms with Crippen LogP contribution in [-0.2, 0) is 0 Å². The molecule has 0 spiro atoms. The van der Waals surface area contributed by atoms with Gasteiger partial charge in [0.2, 0.25) is 5.95 Å². The minimum atomic E-state index is -0.542. The average Bonchev–Trinajstić information content (AvgIpc) is 2.63. The van der Waals surface area contributed by atoms with Crippen LogP contribution < -0.4 is 5.43 Å². The molecule has 1 aromatic heterocycles. The highest BCUT2D eigenvalue weighted by molar-refractivity contribution is 5.84. The summed E-state index contributed by atoms with van der Waals surface area (Å²) in [6.07, 6.45) is 1.27. The van der Waals surface area contributed by atoms with E-state index in [4.69, 9.17) is 0 Å². The SMILES string of the molecule is Cc1cc(-c2ccccc2)nc(N/N=C\c2cc([N+](=O)[O-])ccc2O)n1. The van der Waals surface area contributed by atoms with Crippen LogP contribution in [0.5, 0.6) is 5.75 Å². The summed E-state index contributed by atoms with van der Waals surface area (Å²) in [4.78, 5) is 18.9. The van der Waals surface area contributed by atoms with Crippen LogP contribution in [-0.4, -0.2) is 26.2 Å². The van der Waals surface area contributed by atoms with Crippen molar-refractivity contribution < 1.29 is 10.0 Å². The van der Waals surface area contributed by atoms with E-state index in [9.17, 15) is 15.2 Å². The molecule has 0 unspecified atom stereocenters. The van der Waals surface area contributed by atoms with Gasteiger partial charge in [0.05, 0.1) is 16.8 Å². The molecule has 0 aliphatic carbocycles. The van der Waals surface area contributed by atoms with Crippen molar-refractivity contribution >= 4 is 17.9 Å². The Labute approximate surface area is 149 Å². The third-order valence-corrected chi connectivity index (χ3v) is 3.51. The molecule has 3 aromatic rings. The fraction of sp³-hybridized carbons (Fsp3) is 0.0556. The van der Waals surface area contributed by atoms with Crippen LogP contribution in [0.4, 0.5) is 11.6 Å². The topological polar surface area (TPSA) is 114 Å². The molecule has 0 fully saturated rings. The number of nitro groups is 1. The summed E-state index contributed by atoms with van der Waals surface area (Å²) in [6.45, 7) is 1.84. The second-order valence-corrected chi connectivity index (χ2v) is 5.45. The Morgan fingerprint density at radius 3 is 2.65 bits per heavy atom. The van der Waals surface area contributed by atoms with Crippen molar-refractivity contribution in [3.8, 4) is 17.0 Å². The first kappa shape index (κ1) is 17.0. The molecule has 3 rings (SSSR count). The van der Waals surface area contributed by atoms with E-state index < -0.39 is 4.92 Å². The van der Waals surface area contributed by atoms with Crippen molar-refractivity contribution in [1.29, 1.82) is 0 Å². The molecule has 0 aliphatic rings. The molecule has 26 heavy (non-hydrogen) atoms. The van der Waals surface area contributed by atoms with Gasteiger partial charge in [-0.3, -0.25) is 10.1 Å². The molecule has 130 valence electrons. The van der Waals surface area contributed by atoms with E-state index >= 15 is 0 Å². The summed E-state index contributed by atoms with van der Waals surface area (Å²) in [5, 5.41) is 24.6. The Morgan fingerprint density at radius 1 is 1.15 bits per heavy atom. The second kappa shape index (κ2) is 7.39. The van der Waals surface area contributed by atoms with E-state index in [0.29, 0.717) is 0 Å². The molecule has 0 radical (unpaired) electrons. The molecular weight excluding hydrogens is 334 g/mol. The molecule has 0 saturated carbocycles. The van der Waals surface area contributed by atoms with Crippen molar-refractivity contribution in [1.82, 2.24) is 9.97 Å². The third-order valence-electron chi connectivity index (χ3n) is 3.51. The van der Waals surface area contributed by atoms with E-state index in [0.717, 1.165) is 17.0 Å². The lowest BCUT2D eigenvalue weighted by atomic mass is 10.1. The van der Waals surface area contributed by atoms with Crippen LogP contribution in [0.3, 0.4) is 0 Å². The first-order valence-corrected chi connectivity index (χ1v) is 7.70. The summed E-state index contributed by atoms with van der Waals surface area (Å²) in [5.41, 5.74) is 5.21. The van der Waals surface area contributed by atoms with Crippen molar-refractivity contribution in [3.05, 3.63) is 76.0 Å². The van der Waals surface area contributed by atoms with E-state index in [-0.39, 0.29) is 22.9 Å². The molecule has 8 nitrogen and oxygen atoms in total. The Balaban J connectivity index is 1.82. The van der Waals surface area contributed by atoms with Gasteiger partial charge in [-0.15, -0.1) is 0 Å². The van der Waals surface area contributed by atoms with Gasteiger partial charge in [-0.25, -0.2) is 15.4 Å². The summed E-state index contributed by atoms with van der Waals surface area (Å²) in [5.74, 6) is 0.168. The maximum atomic E-state index is 10.8. The molecule has 2 N–H and O–H groups in total. The Bertz CT molecular complexity index is 974. The van der Waals surface area contributed by atoms with Gasteiger partial charge in [-0.05, 0) is 19.1 Å². The maximum Gasteiger partial charge on any atom is 0.270 e. The standard InChI is InChI=1S/C18H15N5O3/c1-12-9-16(13-5-3-2-4-6-13)21-18(20-12)22-19-11-14-10-15(23(25)26)7-8-17(14)24/h2-11,24H,1H3,(H,20,21,22)/b19-11-. The Hall–Kier alpha value is -3.81. The van der Waals surface area contributed by atoms with E-state index in [1.807, 2.05) is 43.3 Å². The van der Waals surface area contributed by atoms with E-state index in [1.165, 1.54) is 24.4 Å². The summed E-state index contributed by atoms with van der Waals surface area (Å²) >= 11 is 0. The van der Waals surface area contributed by atoms with E-state index in [1.54, 1.807) is 0 Å². The number of nitrogens with one attached hydrogen (secondary N) is 1. The lowest BCUT2D eigenvalue weighted by Crippen LogP contribution is -2.00. The number of anilines is 1. The first-order chi connectivity index (χ1) is 12.5. The number of nitro benzene ring substituents is 1. The molecular formula is C18H15N5O3. The number of nitrogens with zero attached hydrogens (tertiary/aromatic N) is 4. The number of hydrazone groups is 1. The van der Waals surface area contributed by atoms with Crippen LogP contribution in [0.15, 0.2) is 59.7 Å². The molecule has 1 heterocycles. The van der Waals surface area contributed by atoms with Gasteiger partial charge < -0.3 is 5.11 Å². The zero-order valence-corrected chi connectivity index (χ0v) is 13.8. The zero-order chi connectivity index (χ0) is 18.5. The average molecular weight is 349 g/mol. The van der Waals surface area contributed by atoms with Gasteiger partial charge in [0.1, 0.15) is 5.75 Å². The van der Waals surface area contributed by atoms with Crippen LogP contribution in [0.2, 0.25) is 0 Å². The highest BCUT2D eigenvalue weighted by atomic mass is 16.6. The lowest BCUT2D eigenvalue weighted by Gasteiger charge is -2.05. The van der Waals surface area contributed by atoms with Gasteiger partial charge in [0.15, 0.2) is 0 Å². The maximum absolute atomic E-state index is 10.8. The molecule has 0 amide bonds. The van der Waals surface area contributed by atoms with Crippen LogP contribution in [0.1, 0.15) is 11.3 Å². The van der Waals surface area contributed by atoms with Gasteiger partial charge in [-0.2, -0.15) is 5.10 Å². The molecule has 0 saturated heterocycles. The smallest absolute Gasteiger partial charge is 0.270 e. The van der Waals surface area contributed by atoms with Gasteiger partial charge in [-0.1, -0.05) is 30.3 Å². The van der Waals surface area contributed by atoms with Crippen LogP contribution in [0.25, 0.3) is 11.3 Å². The lowest BCUT2D eigenvalue weighted by molar-refractivity contribution is -0.384. The number of phenols is 1. The number of rotatable bonds is 5. The highest BCUT2D eigenvalue weighted by Crippen LogP contribution is 2.22. The summed E-state index contributed by atoms with van der Waals surface area (Å²) in [6, 6.07) is 15.2. The predicted octanol–water partition coefficient (Wildman–Crippen LogP) is 3.51. The van der Waals surface area contributed by atoms with Crippen molar-refractivity contribution in [2.24, 2.45) is 5.10 Å². The number of benzene rings is 2. The van der Waals surface area contributed by atoms with Crippen molar-refractivity contribution in [3.63, 3.8) is 0 Å². The molecule has 0 atom stereocenters. The fourth-order valence-corrected chi connectivity index (χ4v) is 2.29. The van der Waals surface area contributed by atoms with Crippen molar-refractivity contribution in [2.45, 2.75) is 6.92 Å².